The van der Waals surface area contributed by atoms with Crippen molar-refractivity contribution < 1.29 is 21.8 Å². The van der Waals surface area contributed by atoms with Crippen LogP contribution < -0.4 is 34.3 Å². The van der Waals surface area contributed by atoms with Crippen LogP contribution in [0.4, 0.5) is 39.8 Å². The van der Waals surface area contributed by atoms with Crippen molar-refractivity contribution >= 4 is 128 Å². The Hall–Kier alpha value is -12.8. The van der Waals surface area contributed by atoms with Crippen LogP contribution in [0.5, 0.6) is 0 Å². The minimum absolute atomic E-state index is 0.143. The maximum absolute atomic E-state index is 7.69. The number of fused-ring (bicyclic) bond motifs is 12. The van der Waals surface area contributed by atoms with Gasteiger partial charge in [-0.2, -0.15) is 0 Å². The fourth-order valence-electron chi connectivity index (χ4n) is 18.0. The molecule has 20 rings (SSSR count). The third kappa shape index (κ3) is 15.1. The molecule has 0 spiro atoms. The van der Waals surface area contributed by atoms with Crippen LogP contribution in [-0.4, -0.2) is 76.6 Å². The molecular formula is C106H118N12O4. The zero-order valence-electron chi connectivity index (χ0n) is 77.8. The van der Waals surface area contributed by atoms with E-state index in [4.69, 9.17) is 21.8 Å². The Kier molecular flexibility index (Phi) is 21.8. The number of benzene rings is 9. The van der Waals surface area contributed by atoms with Gasteiger partial charge in [0.2, 0.25) is 11.4 Å². The summed E-state index contributed by atoms with van der Waals surface area (Å²) in [4.78, 5) is 30.9. The molecule has 6 aromatic heterocycles. The first kappa shape index (κ1) is 79.0. The van der Waals surface area contributed by atoms with Crippen LogP contribution in [0.15, 0.2) is 262 Å². The van der Waals surface area contributed by atoms with E-state index in [0.717, 1.165) is 94.7 Å². The van der Waals surface area contributed by atoms with E-state index in [9.17, 15) is 0 Å². The van der Waals surface area contributed by atoms with Gasteiger partial charge in [0.05, 0.1) is 22.7 Å². The largest absolute Gasteiger partial charge is 0.454 e. The van der Waals surface area contributed by atoms with Gasteiger partial charge in [-0.15, -0.1) is 0 Å². The van der Waals surface area contributed by atoms with E-state index in [-0.39, 0.29) is 24.7 Å². The van der Waals surface area contributed by atoms with E-state index in [2.05, 4.69) is 357 Å². The Morgan fingerprint density at radius 3 is 0.918 bits per heavy atom. The maximum Gasteiger partial charge on any atom is 0.227 e. The molecule has 5 aliphatic rings. The monoisotopic (exact) mass is 1630 g/mol. The summed E-state index contributed by atoms with van der Waals surface area (Å²) in [6.07, 6.45) is 21.4. The smallest absolute Gasteiger partial charge is 0.227 e. The number of aromatic nitrogens is 2. The first-order valence-electron chi connectivity index (χ1n) is 44.6. The van der Waals surface area contributed by atoms with Crippen molar-refractivity contribution in [2.75, 3.05) is 55.4 Å². The topological polar surface area (TPSA) is 111 Å². The van der Waals surface area contributed by atoms with Crippen LogP contribution in [0, 0.1) is 48.5 Å². The van der Waals surface area contributed by atoms with Crippen LogP contribution in [0.3, 0.4) is 0 Å². The van der Waals surface area contributed by atoms with Crippen LogP contribution in [0.2, 0.25) is 0 Å². The summed E-state index contributed by atoms with van der Waals surface area (Å²) in [7, 11) is 4.18. The van der Waals surface area contributed by atoms with E-state index >= 15 is 0 Å². The van der Waals surface area contributed by atoms with Gasteiger partial charge in [0.25, 0.3) is 0 Å². The van der Waals surface area contributed by atoms with Crippen molar-refractivity contribution in [1.82, 2.24) is 24.7 Å². The quantitative estimate of drug-likeness (QED) is 0.122. The number of para-hydroxylation sites is 5. The molecule has 15 aromatic rings. The van der Waals surface area contributed by atoms with Crippen molar-refractivity contribution in [1.29, 1.82) is 0 Å². The molecular weight excluding hydrogens is 1510 g/mol. The van der Waals surface area contributed by atoms with Gasteiger partial charge in [-0.05, 0) is 199 Å². The lowest BCUT2D eigenvalue weighted by molar-refractivity contribution is 0.383. The Morgan fingerprint density at radius 2 is 0.566 bits per heavy atom. The van der Waals surface area contributed by atoms with Crippen LogP contribution >= 0.6 is 0 Å². The lowest BCUT2D eigenvalue weighted by Gasteiger charge is -2.34. The van der Waals surface area contributed by atoms with E-state index in [1.807, 2.05) is 81.1 Å². The van der Waals surface area contributed by atoms with Crippen molar-refractivity contribution in [2.24, 2.45) is 0 Å². The zero-order chi connectivity index (χ0) is 88.6. The van der Waals surface area contributed by atoms with E-state index < -0.39 is 6.98 Å². The SMILES string of the molecule is Cc1ccc2c(n1)oc1c(N3C=CN(C)[C@@H]3C)c(C)ccc12.Cc1ccc2c(oc3ccccc32)c1N1C=CN(C)[C@@H]1C.Cc1ccc2c(oc3ccccc32)c1N1C=CN(c2c(C(C)C)cccc2C(C)C)[C@@H]1C.Cc1ccccc1N1C=CN(c2c(C(C)C)cccc2C(C)C)[C@@H]1C.[2H]C([2H])([2H])N1C=CN(c2c(C)ccc3c2oc2nc(C)ccc23)[C@H]1C. The molecule has 16 heteroatoms. The number of furan rings is 4. The van der Waals surface area contributed by atoms with Crippen LogP contribution in [-0.2, 0) is 0 Å². The average molecular weight is 1630 g/mol. The third-order valence-electron chi connectivity index (χ3n) is 25.2. The predicted octanol–water partition coefficient (Wildman–Crippen LogP) is 27.5. The number of anilines is 7. The fourth-order valence-corrected chi connectivity index (χ4v) is 18.0. The first-order valence-corrected chi connectivity index (χ1v) is 43.1. The summed E-state index contributed by atoms with van der Waals surface area (Å²) in [5.74, 6) is 1.92. The zero-order valence-corrected chi connectivity index (χ0v) is 74.8. The molecule has 11 heterocycles. The minimum atomic E-state index is -2.18. The second-order valence-electron chi connectivity index (χ2n) is 34.7. The highest BCUT2D eigenvalue weighted by atomic mass is 16.3. The summed E-state index contributed by atoms with van der Waals surface area (Å²) in [5.41, 5.74) is 28.6. The molecule has 0 fully saturated rings. The third-order valence-corrected chi connectivity index (χ3v) is 25.2. The average Bonchev–Trinajstić information content (AvgIpc) is 1.61. The minimum Gasteiger partial charge on any atom is -0.454 e. The highest BCUT2D eigenvalue weighted by Gasteiger charge is 2.35. The molecule has 16 nitrogen and oxygen atoms in total. The van der Waals surface area contributed by atoms with Gasteiger partial charge in [0, 0.05) is 159 Å². The fraction of sp³-hybridized carbons (Fsp3) is 0.302. The molecule has 5 aliphatic heterocycles. The summed E-state index contributed by atoms with van der Waals surface area (Å²) in [6, 6.07) is 63.9. The summed E-state index contributed by atoms with van der Waals surface area (Å²) < 4.78 is 47.8. The van der Waals surface area contributed by atoms with Crippen molar-refractivity contribution in [3.8, 4) is 0 Å². The maximum atomic E-state index is 7.69. The van der Waals surface area contributed by atoms with Gasteiger partial charge >= 0.3 is 0 Å². The molecule has 0 unspecified atom stereocenters. The molecule has 9 aromatic carbocycles. The Morgan fingerprint density at radius 1 is 0.270 bits per heavy atom. The Bertz CT molecular complexity index is 6680. The molecule has 0 aliphatic carbocycles. The van der Waals surface area contributed by atoms with Gasteiger partial charge in [0.1, 0.15) is 42.0 Å². The van der Waals surface area contributed by atoms with Gasteiger partial charge in [-0.25, -0.2) is 9.97 Å². The van der Waals surface area contributed by atoms with E-state index in [0.29, 0.717) is 41.3 Å². The Balaban J connectivity index is 0.000000116. The summed E-state index contributed by atoms with van der Waals surface area (Å²) in [5, 5.41) is 8.85. The summed E-state index contributed by atoms with van der Waals surface area (Å²) >= 11 is 0. The van der Waals surface area contributed by atoms with E-state index in [1.165, 1.54) is 88.0 Å². The van der Waals surface area contributed by atoms with Crippen molar-refractivity contribution in [2.45, 2.75) is 193 Å². The van der Waals surface area contributed by atoms with Gasteiger partial charge in [-0.1, -0.05) is 195 Å². The van der Waals surface area contributed by atoms with Crippen molar-refractivity contribution in [3.05, 3.63) is 305 Å². The molecule has 0 amide bonds. The molecule has 0 N–H and O–H groups in total. The molecule has 0 bridgehead atoms. The van der Waals surface area contributed by atoms with Crippen molar-refractivity contribution in [3.63, 3.8) is 0 Å². The number of hydrogen-bond donors (Lipinski definition) is 0. The predicted molar refractivity (Wildman–Crippen MR) is 513 cm³/mol. The number of hydrogen-bond acceptors (Lipinski definition) is 16. The number of rotatable bonds is 11. The van der Waals surface area contributed by atoms with E-state index in [1.54, 1.807) is 12.4 Å². The summed E-state index contributed by atoms with van der Waals surface area (Å²) in [6.45, 7) is 41.4. The molecule has 0 saturated carbocycles. The highest BCUT2D eigenvalue weighted by Crippen LogP contribution is 2.48. The normalized spacial score (nSPS) is 18.0. The number of pyridine rings is 2. The Labute approximate surface area is 724 Å². The van der Waals surface area contributed by atoms with Gasteiger partial charge in [0.15, 0.2) is 22.3 Å². The van der Waals surface area contributed by atoms with Crippen LogP contribution in [0.1, 0.15) is 179 Å². The lowest BCUT2D eigenvalue weighted by atomic mass is 9.92. The molecule has 0 radical (unpaired) electrons. The molecule has 5 atom stereocenters. The molecule has 122 heavy (non-hydrogen) atoms. The number of nitrogens with zero attached hydrogens (tertiary/aromatic N) is 12. The molecule has 626 valence electrons. The second kappa shape index (κ2) is 33.6. The van der Waals surface area contributed by atoms with Gasteiger partial charge in [-0.3, -0.25) is 0 Å². The lowest BCUT2D eigenvalue weighted by Crippen LogP contribution is -2.37. The number of aryl methyl sites for hydroxylation is 7. The highest BCUT2D eigenvalue weighted by molar-refractivity contribution is 6.13. The first-order chi connectivity index (χ1) is 59.8. The second-order valence-corrected chi connectivity index (χ2v) is 34.7. The molecule has 0 saturated heterocycles. The van der Waals surface area contributed by atoms with Gasteiger partial charge < -0.3 is 66.7 Å². The van der Waals surface area contributed by atoms with Crippen LogP contribution in [0.25, 0.3) is 88.0 Å². The standard InChI is InChI=1S/C29H32N2O.C23H30N2.2C18H19N3O.C18H18N2O/c1-18(2)22-11-9-12-23(19(3)4)28(22)31-17-16-30(21(31)6)27-20(5)14-15-25-24-10-7-8-13-26(24)32-29(25)27;1-16(2)20-11-9-12-21(17(3)4)23(20)25-15-14-24(19(25)6)22-13-8-7-10-18(22)5;2*1-11-5-7-14-15-8-6-12(2)19-18(15)22-17(14)16(11)21-10-9-20(4)13(21)3;1-12-8-9-15-14-6-4-5-7-16(14)21-18(15)17(12)20-11-10-19(3)13(20)2/h7-19,21H,1-6H3;7-17,19H,1-6H3;2*5-10,13H,1-4H3;4-11,13H,1-3H3/t21-;19-;3*13-/m11000/s1/i;;4D3;;.